The molecule has 0 saturated heterocycles. The predicted octanol–water partition coefficient (Wildman–Crippen LogP) is 11.6. The van der Waals surface area contributed by atoms with E-state index in [1.165, 1.54) is 59.3 Å². The van der Waals surface area contributed by atoms with E-state index in [0.717, 1.165) is 19.3 Å². The molecular formula is C55H51NSi. The van der Waals surface area contributed by atoms with Crippen LogP contribution in [0, 0.1) is 23.7 Å². The summed E-state index contributed by atoms with van der Waals surface area (Å²) in [5, 5.41) is 3.29. The van der Waals surface area contributed by atoms with Gasteiger partial charge in [-0.1, -0.05) is 162 Å². The molecule has 0 aromatic heterocycles. The molecule has 0 radical (unpaired) electrons. The lowest BCUT2D eigenvalue weighted by Gasteiger charge is -2.53. The molecule has 0 N–H and O–H groups in total. The summed E-state index contributed by atoms with van der Waals surface area (Å²) < 4.78 is 0. The molecule has 2 heteroatoms. The van der Waals surface area contributed by atoms with Gasteiger partial charge in [-0.3, -0.25) is 0 Å². The molecule has 12 rings (SSSR count). The van der Waals surface area contributed by atoms with Crippen LogP contribution in [-0.4, -0.2) is 15.6 Å². The second-order valence-electron chi connectivity index (χ2n) is 17.9. The minimum Gasteiger partial charge on any atom is -0.334 e. The number of fused-ring (bicyclic) bond motifs is 10. The molecule has 0 bridgehead atoms. The molecule has 0 saturated carbocycles. The Morgan fingerprint density at radius 1 is 0.632 bits per heavy atom. The number of nitrogens with zero attached hydrogens (tertiary/aromatic N) is 1. The molecule has 1 aliphatic heterocycles. The van der Waals surface area contributed by atoms with Crippen LogP contribution in [0.1, 0.15) is 84.6 Å². The molecule has 3 aromatic carbocycles. The molecule has 0 fully saturated rings. The van der Waals surface area contributed by atoms with Crippen molar-refractivity contribution in [1.82, 2.24) is 0 Å². The van der Waals surface area contributed by atoms with Crippen LogP contribution < -0.4 is 10.1 Å². The lowest BCUT2D eigenvalue weighted by atomic mass is 9.53. The van der Waals surface area contributed by atoms with Crippen molar-refractivity contribution in [2.45, 2.75) is 68.2 Å². The topological polar surface area (TPSA) is 3.24 Å². The minimum absolute atomic E-state index is 0.0897. The molecule has 0 spiro atoms. The lowest BCUT2D eigenvalue weighted by Crippen LogP contribution is -2.54. The first kappa shape index (κ1) is 33.9. The van der Waals surface area contributed by atoms with E-state index < -0.39 is 9.52 Å². The predicted molar refractivity (Wildman–Crippen MR) is 242 cm³/mol. The zero-order valence-electron chi connectivity index (χ0n) is 32.8. The van der Waals surface area contributed by atoms with E-state index in [1.54, 1.807) is 32.7 Å². The van der Waals surface area contributed by atoms with Gasteiger partial charge >= 0.3 is 0 Å². The van der Waals surface area contributed by atoms with Crippen molar-refractivity contribution in [2.24, 2.45) is 23.7 Å². The number of rotatable bonds is 5. The first-order chi connectivity index (χ1) is 28.3. The highest BCUT2D eigenvalue weighted by Crippen LogP contribution is 2.64. The molecule has 8 aliphatic carbocycles. The Bertz CT molecular complexity index is 2540. The first-order valence-electron chi connectivity index (χ1n) is 21.9. The van der Waals surface area contributed by atoms with Crippen molar-refractivity contribution in [3.63, 3.8) is 0 Å². The Hall–Kier alpha value is -5.18. The number of benzene rings is 3. The second kappa shape index (κ2) is 13.5. The molecule has 1 heterocycles. The Morgan fingerprint density at radius 2 is 1.47 bits per heavy atom. The third-order valence-corrected chi connectivity index (χ3v) is 17.4. The summed E-state index contributed by atoms with van der Waals surface area (Å²) in [6.45, 7) is 0. The third-order valence-electron chi connectivity index (χ3n) is 15.4. The molecule has 3 aromatic rings. The maximum absolute atomic E-state index is 2.82. The number of hydrogen-bond acceptors (Lipinski definition) is 1. The van der Waals surface area contributed by atoms with Crippen LogP contribution in [0.4, 0.5) is 5.69 Å². The Labute approximate surface area is 341 Å². The summed E-state index contributed by atoms with van der Waals surface area (Å²) >= 11 is 0. The van der Waals surface area contributed by atoms with Crippen molar-refractivity contribution >= 4 is 31.5 Å². The van der Waals surface area contributed by atoms with Crippen LogP contribution in [0.15, 0.2) is 186 Å². The maximum atomic E-state index is 2.82. The van der Waals surface area contributed by atoms with Crippen LogP contribution in [-0.2, 0) is 5.41 Å². The van der Waals surface area contributed by atoms with Gasteiger partial charge in [0.2, 0.25) is 0 Å². The lowest BCUT2D eigenvalue weighted by molar-refractivity contribution is 0.154. The van der Waals surface area contributed by atoms with Crippen molar-refractivity contribution in [1.29, 1.82) is 0 Å². The number of hydrogen-bond donors (Lipinski definition) is 0. The summed E-state index contributed by atoms with van der Waals surface area (Å²) in [5.74, 6) is 2.32. The second-order valence-corrected chi connectivity index (χ2v) is 19.8. The molecule has 8 atom stereocenters. The fraction of sp³-hybridized carbons (Fsp3) is 0.273. The SMILES string of the molecule is C1=CCC(C2(C3C=CC=CC3N(C3=CC4C5=C(CCC=C5)c5ccccc5C4C=C3)c3ccc4c(c3)[SiH2]C3=C4CCC=C3)c3ccccc3C3CCC=CC32)C=C1. The zero-order valence-corrected chi connectivity index (χ0v) is 34.2. The van der Waals surface area contributed by atoms with Crippen molar-refractivity contribution in [2.75, 3.05) is 4.90 Å². The fourth-order valence-electron chi connectivity index (χ4n) is 13.2. The van der Waals surface area contributed by atoms with Crippen LogP contribution >= 0.6 is 0 Å². The summed E-state index contributed by atoms with van der Waals surface area (Å²) in [6.07, 6.45) is 50.4. The van der Waals surface area contributed by atoms with Gasteiger partial charge in [-0.25, -0.2) is 0 Å². The van der Waals surface area contributed by atoms with Crippen LogP contribution in [0.5, 0.6) is 0 Å². The van der Waals surface area contributed by atoms with Crippen LogP contribution in [0.25, 0.3) is 11.1 Å². The average Bonchev–Trinajstić information content (AvgIpc) is 3.81. The highest BCUT2D eigenvalue weighted by Gasteiger charge is 2.60. The van der Waals surface area contributed by atoms with Gasteiger partial charge in [0.05, 0.1) is 15.6 Å². The molecule has 0 amide bonds. The van der Waals surface area contributed by atoms with E-state index >= 15 is 0 Å². The third kappa shape index (κ3) is 5.05. The molecule has 9 aliphatic rings. The monoisotopic (exact) mass is 753 g/mol. The Morgan fingerprint density at radius 3 is 2.40 bits per heavy atom. The summed E-state index contributed by atoms with van der Waals surface area (Å²) in [5.41, 5.74) is 15.0. The van der Waals surface area contributed by atoms with E-state index in [9.17, 15) is 0 Å². The highest BCUT2D eigenvalue weighted by atomic mass is 28.2. The Kier molecular flexibility index (Phi) is 8.00. The van der Waals surface area contributed by atoms with Gasteiger partial charge in [0, 0.05) is 34.6 Å². The van der Waals surface area contributed by atoms with Crippen molar-refractivity contribution < 1.29 is 0 Å². The van der Waals surface area contributed by atoms with Crippen LogP contribution in [0.3, 0.4) is 0 Å². The van der Waals surface area contributed by atoms with E-state index in [-0.39, 0.29) is 17.4 Å². The average molecular weight is 754 g/mol. The van der Waals surface area contributed by atoms with Gasteiger partial charge in [0.1, 0.15) is 0 Å². The minimum atomic E-state index is -0.532. The maximum Gasteiger partial charge on any atom is 0.0887 e. The van der Waals surface area contributed by atoms with E-state index in [1.807, 2.05) is 0 Å². The summed E-state index contributed by atoms with van der Waals surface area (Å²) in [7, 11) is -0.532. The number of allylic oxidation sites excluding steroid dienone is 19. The zero-order chi connectivity index (χ0) is 37.5. The summed E-state index contributed by atoms with van der Waals surface area (Å²) in [6, 6.07) is 26.7. The van der Waals surface area contributed by atoms with Crippen molar-refractivity contribution in [3.05, 3.63) is 214 Å². The molecule has 280 valence electrons. The largest absolute Gasteiger partial charge is 0.334 e. The number of anilines is 1. The van der Waals surface area contributed by atoms with E-state index in [0.29, 0.717) is 29.6 Å². The molecular weight excluding hydrogens is 703 g/mol. The van der Waals surface area contributed by atoms with Gasteiger partial charge in [0.15, 0.2) is 0 Å². The molecule has 1 nitrogen and oxygen atoms in total. The van der Waals surface area contributed by atoms with E-state index in [2.05, 4.69) is 175 Å². The van der Waals surface area contributed by atoms with Gasteiger partial charge in [0.25, 0.3) is 0 Å². The smallest absolute Gasteiger partial charge is 0.0887 e. The quantitative estimate of drug-likeness (QED) is 0.185. The van der Waals surface area contributed by atoms with Gasteiger partial charge in [-0.05, 0) is 125 Å². The molecule has 57 heavy (non-hydrogen) atoms. The first-order valence-corrected chi connectivity index (χ1v) is 23.3. The normalized spacial score (nSPS) is 32.4. The fourth-order valence-corrected chi connectivity index (χ4v) is 15.3. The van der Waals surface area contributed by atoms with Gasteiger partial charge < -0.3 is 4.90 Å². The standard InChI is InChI=1S/C55H51NSi/c1-2-16-36(17-3-1)55(49-25-11-8-22-44(49)45-23-9-12-26-50(45)55)51-27-13-14-28-52(51)56(38-31-33-47-46-24-10-15-29-53(46)57-54(47)35-38)37-30-32-43-41-20-5-4-18-39(41)40-19-6-7-21-42(40)48(43)34-37/h1-5,7-8,11-16,18,20-22,25-36,43,45,48,50-52H,6,9-10,17,19,23-24,57H2. The molecule has 8 unspecified atom stereocenters. The van der Waals surface area contributed by atoms with Gasteiger partial charge in [-0.2, -0.15) is 0 Å². The van der Waals surface area contributed by atoms with Crippen molar-refractivity contribution in [3.8, 4) is 0 Å². The van der Waals surface area contributed by atoms with E-state index in [4.69, 9.17) is 0 Å². The Balaban J connectivity index is 1.06. The van der Waals surface area contributed by atoms with Gasteiger partial charge in [-0.15, -0.1) is 0 Å². The van der Waals surface area contributed by atoms with Crippen LogP contribution in [0.2, 0.25) is 0 Å². The highest BCUT2D eigenvalue weighted by molar-refractivity contribution is 6.67. The summed E-state index contributed by atoms with van der Waals surface area (Å²) in [4.78, 5) is 2.82.